The van der Waals surface area contributed by atoms with Crippen molar-refractivity contribution >= 4 is 27.5 Å². The highest BCUT2D eigenvalue weighted by Crippen LogP contribution is 2.27. The number of aromatic nitrogens is 1. The second kappa shape index (κ2) is 6.51. The minimum absolute atomic E-state index is 0.257. The molecule has 0 bridgehead atoms. The summed E-state index contributed by atoms with van der Waals surface area (Å²) < 4.78 is 1.00. The van der Waals surface area contributed by atoms with Crippen molar-refractivity contribution < 1.29 is 0 Å². The molecule has 2 nitrogen and oxygen atoms in total. The van der Waals surface area contributed by atoms with Gasteiger partial charge in [0.25, 0.3) is 0 Å². The van der Waals surface area contributed by atoms with Gasteiger partial charge < -0.3 is 0 Å². The lowest BCUT2D eigenvalue weighted by Crippen LogP contribution is -2.22. The van der Waals surface area contributed by atoms with E-state index in [1.165, 1.54) is 5.56 Å². The predicted octanol–water partition coefficient (Wildman–Crippen LogP) is 4.69. The monoisotopic (exact) mass is 338 g/mol. The van der Waals surface area contributed by atoms with Crippen LogP contribution in [-0.2, 0) is 6.54 Å². The normalized spacial score (nSPS) is 12.7. The van der Waals surface area contributed by atoms with Crippen LogP contribution < -0.4 is 0 Å². The third kappa shape index (κ3) is 3.78. The van der Waals surface area contributed by atoms with Crippen LogP contribution in [0.25, 0.3) is 0 Å². The molecule has 0 aliphatic heterocycles. The molecule has 1 unspecified atom stereocenters. The molecule has 0 spiro atoms. The van der Waals surface area contributed by atoms with Crippen LogP contribution in [0.5, 0.6) is 0 Å². The summed E-state index contributed by atoms with van der Waals surface area (Å²) in [5, 5.41) is 0.814. The Morgan fingerprint density at radius 3 is 2.74 bits per heavy atom. The Labute approximate surface area is 127 Å². The van der Waals surface area contributed by atoms with Crippen LogP contribution in [0, 0.1) is 0 Å². The zero-order valence-corrected chi connectivity index (χ0v) is 13.3. The molecule has 0 fully saturated rings. The van der Waals surface area contributed by atoms with Crippen molar-refractivity contribution in [2.45, 2.75) is 19.5 Å². The lowest BCUT2D eigenvalue weighted by atomic mass is 10.1. The Morgan fingerprint density at radius 2 is 2.05 bits per heavy atom. The largest absolute Gasteiger partial charge is 0.295 e. The maximum absolute atomic E-state index is 6.24. The van der Waals surface area contributed by atoms with Crippen LogP contribution in [0.15, 0.2) is 47.2 Å². The van der Waals surface area contributed by atoms with Crippen molar-refractivity contribution in [3.63, 3.8) is 0 Å². The Balaban J connectivity index is 2.12. The van der Waals surface area contributed by atoms with E-state index >= 15 is 0 Å². The Morgan fingerprint density at radius 1 is 1.32 bits per heavy atom. The molecule has 1 aromatic carbocycles. The number of halogens is 2. The fraction of sp³-hybridized carbons (Fsp3) is 0.267. The van der Waals surface area contributed by atoms with E-state index < -0.39 is 0 Å². The van der Waals surface area contributed by atoms with Crippen molar-refractivity contribution in [2.75, 3.05) is 7.05 Å². The molecule has 100 valence electrons. The first-order valence-electron chi connectivity index (χ1n) is 6.12. The molecular formula is C15H16BrClN2. The molecule has 1 heterocycles. The van der Waals surface area contributed by atoms with Gasteiger partial charge in [-0.3, -0.25) is 9.88 Å². The molecule has 0 aliphatic carbocycles. The molecule has 0 saturated heterocycles. The quantitative estimate of drug-likeness (QED) is 0.803. The zero-order chi connectivity index (χ0) is 13.8. The summed E-state index contributed by atoms with van der Waals surface area (Å²) in [5.41, 5.74) is 2.32. The van der Waals surface area contributed by atoms with Gasteiger partial charge in [0.2, 0.25) is 0 Å². The van der Waals surface area contributed by atoms with Gasteiger partial charge in [-0.05, 0) is 53.2 Å². The zero-order valence-electron chi connectivity index (χ0n) is 11.0. The van der Waals surface area contributed by atoms with Crippen molar-refractivity contribution in [3.05, 3.63) is 63.3 Å². The minimum atomic E-state index is 0.257. The van der Waals surface area contributed by atoms with E-state index in [9.17, 15) is 0 Å². The molecule has 1 aromatic heterocycles. The summed E-state index contributed by atoms with van der Waals surface area (Å²) in [6, 6.07) is 10.3. The van der Waals surface area contributed by atoms with Gasteiger partial charge in [-0.2, -0.15) is 0 Å². The first kappa shape index (κ1) is 14.5. The van der Waals surface area contributed by atoms with Crippen molar-refractivity contribution in [1.82, 2.24) is 9.88 Å². The molecule has 0 amide bonds. The molecule has 1 atom stereocenters. The lowest BCUT2D eigenvalue weighted by Gasteiger charge is -2.25. The molecule has 2 aromatic rings. The molecule has 19 heavy (non-hydrogen) atoms. The third-order valence-electron chi connectivity index (χ3n) is 3.21. The highest BCUT2D eigenvalue weighted by Gasteiger charge is 2.14. The SMILES string of the molecule is CC(c1ccccc1Cl)N(C)Cc1cncc(Br)c1. The van der Waals surface area contributed by atoms with Gasteiger partial charge in [0.1, 0.15) is 0 Å². The third-order valence-corrected chi connectivity index (χ3v) is 3.99. The summed E-state index contributed by atoms with van der Waals surface area (Å²) in [6.45, 7) is 2.99. The maximum Gasteiger partial charge on any atom is 0.0453 e. The van der Waals surface area contributed by atoms with Gasteiger partial charge in [-0.15, -0.1) is 0 Å². The topological polar surface area (TPSA) is 16.1 Å². The Bertz CT molecular complexity index is 559. The second-order valence-electron chi connectivity index (χ2n) is 4.62. The van der Waals surface area contributed by atoms with E-state index in [2.05, 4.69) is 51.9 Å². The van der Waals surface area contributed by atoms with Gasteiger partial charge in [-0.25, -0.2) is 0 Å². The number of hydrogen-bond acceptors (Lipinski definition) is 2. The van der Waals surface area contributed by atoms with Crippen LogP contribution in [0.2, 0.25) is 5.02 Å². The molecular weight excluding hydrogens is 324 g/mol. The second-order valence-corrected chi connectivity index (χ2v) is 5.95. The summed E-state index contributed by atoms with van der Waals surface area (Å²) in [5.74, 6) is 0. The van der Waals surface area contributed by atoms with Gasteiger partial charge >= 0.3 is 0 Å². The van der Waals surface area contributed by atoms with E-state index in [0.29, 0.717) is 0 Å². The molecule has 4 heteroatoms. The minimum Gasteiger partial charge on any atom is -0.295 e. The highest BCUT2D eigenvalue weighted by atomic mass is 79.9. The van der Waals surface area contributed by atoms with Gasteiger partial charge in [0.15, 0.2) is 0 Å². The first-order valence-corrected chi connectivity index (χ1v) is 7.29. The fourth-order valence-corrected chi connectivity index (χ4v) is 2.72. The molecule has 0 radical (unpaired) electrons. The number of nitrogens with zero attached hydrogens (tertiary/aromatic N) is 2. The van der Waals surface area contributed by atoms with E-state index in [0.717, 1.165) is 21.6 Å². The van der Waals surface area contributed by atoms with Gasteiger partial charge in [-0.1, -0.05) is 29.8 Å². The van der Waals surface area contributed by atoms with Crippen LogP contribution >= 0.6 is 27.5 Å². The summed E-state index contributed by atoms with van der Waals surface area (Å²) in [6.07, 6.45) is 3.68. The summed E-state index contributed by atoms with van der Waals surface area (Å²) in [4.78, 5) is 6.44. The molecule has 0 aliphatic rings. The average Bonchev–Trinajstić information content (AvgIpc) is 2.38. The smallest absolute Gasteiger partial charge is 0.0453 e. The standard InChI is InChI=1S/C15H16BrClN2/c1-11(14-5-3-4-6-15(14)17)19(2)10-12-7-13(16)9-18-8-12/h3-9,11H,10H2,1-2H3. The fourth-order valence-electron chi connectivity index (χ4n) is 2.02. The van der Waals surface area contributed by atoms with Gasteiger partial charge in [0, 0.05) is 34.5 Å². The van der Waals surface area contributed by atoms with Crippen LogP contribution in [0.1, 0.15) is 24.1 Å². The van der Waals surface area contributed by atoms with E-state index in [1.54, 1.807) is 6.20 Å². The lowest BCUT2D eigenvalue weighted by molar-refractivity contribution is 0.253. The average molecular weight is 340 g/mol. The number of hydrogen-bond donors (Lipinski definition) is 0. The summed E-state index contributed by atoms with van der Waals surface area (Å²) in [7, 11) is 2.09. The van der Waals surface area contributed by atoms with E-state index in [-0.39, 0.29) is 6.04 Å². The highest BCUT2D eigenvalue weighted by molar-refractivity contribution is 9.10. The van der Waals surface area contributed by atoms with Crippen molar-refractivity contribution in [1.29, 1.82) is 0 Å². The Kier molecular flexibility index (Phi) is 4.97. The predicted molar refractivity (Wildman–Crippen MR) is 83.3 cm³/mol. The van der Waals surface area contributed by atoms with Crippen LogP contribution in [0.3, 0.4) is 0 Å². The number of pyridine rings is 1. The molecule has 2 rings (SSSR count). The van der Waals surface area contributed by atoms with Crippen LogP contribution in [-0.4, -0.2) is 16.9 Å². The van der Waals surface area contributed by atoms with E-state index in [1.807, 2.05) is 24.4 Å². The van der Waals surface area contributed by atoms with Gasteiger partial charge in [0.05, 0.1) is 0 Å². The van der Waals surface area contributed by atoms with Crippen LogP contribution in [0.4, 0.5) is 0 Å². The Hall–Kier alpha value is -0.900. The number of rotatable bonds is 4. The van der Waals surface area contributed by atoms with E-state index in [4.69, 9.17) is 11.6 Å². The summed E-state index contributed by atoms with van der Waals surface area (Å²) >= 11 is 9.69. The molecule has 0 saturated carbocycles. The van der Waals surface area contributed by atoms with Crippen molar-refractivity contribution in [3.8, 4) is 0 Å². The maximum atomic E-state index is 6.24. The number of benzene rings is 1. The molecule has 0 N–H and O–H groups in total. The van der Waals surface area contributed by atoms with Crippen molar-refractivity contribution in [2.24, 2.45) is 0 Å². The first-order chi connectivity index (χ1) is 9.08.